The fourth-order valence-electron chi connectivity index (χ4n) is 6.62. The second kappa shape index (κ2) is 11.8. The number of thiophene rings is 1. The molecule has 1 aliphatic rings. The lowest BCUT2D eigenvalue weighted by atomic mass is 9.73. The number of nitriles is 1. The van der Waals surface area contributed by atoms with Gasteiger partial charge in [-0.15, -0.1) is 22.7 Å². The number of rotatable bonds is 4. The minimum Gasteiger partial charge on any atom is -0.310 e. The van der Waals surface area contributed by atoms with Crippen LogP contribution in [0.1, 0.15) is 29.9 Å². The third-order valence-electron chi connectivity index (χ3n) is 9.08. The minimum atomic E-state index is -0.231. The van der Waals surface area contributed by atoms with Crippen LogP contribution in [-0.4, -0.2) is 13.3 Å². The van der Waals surface area contributed by atoms with Gasteiger partial charge in [-0.05, 0) is 65.2 Å². The number of benzene rings is 4. The lowest BCUT2D eigenvalue weighted by Gasteiger charge is -2.42. The number of hydrogen-bond acceptors (Lipinski definition) is 8. The molecule has 0 spiro atoms. The lowest BCUT2D eigenvalue weighted by Crippen LogP contribution is -2.30. The van der Waals surface area contributed by atoms with Gasteiger partial charge in [0.2, 0.25) is 0 Å². The molecule has 4 heterocycles. The van der Waals surface area contributed by atoms with E-state index in [0.717, 1.165) is 60.2 Å². The summed E-state index contributed by atoms with van der Waals surface area (Å²) in [4.78, 5) is 20.4. The topological polar surface area (TPSA) is 79.2 Å². The van der Waals surface area contributed by atoms with Crippen molar-refractivity contribution in [2.24, 2.45) is 7.05 Å². The number of para-hydroxylation sites is 2. The standard InChI is InChI=1S/C39H26N6OS3/c1-39(2)28-12-8-9-13-31(28)45(24-10-6-5-7-11-24)32-18-14-23(20-29(32)39)26-16-17-27(36-35(26)42-49-43-36)33-19-15-25(47-33)21-34-37(46)44(4)38(48-34)30(22-40)41-3/h5-21H,1-2,4H3/b34-21?,38-30-. The van der Waals surface area contributed by atoms with Crippen LogP contribution >= 0.6 is 34.4 Å². The average molecular weight is 691 g/mol. The fourth-order valence-corrected chi connectivity index (χ4v) is 9.27. The van der Waals surface area contributed by atoms with Gasteiger partial charge in [0, 0.05) is 39.0 Å². The molecule has 7 aromatic rings. The van der Waals surface area contributed by atoms with E-state index in [1.54, 1.807) is 18.4 Å². The van der Waals surface area contributed by atoms with Crippen LogP contribution in [0.2, 0.25) is 0 Å². The van der Waals surface area contributed by atoms with Gasteiger partial charge in [-0.2, -0.15) is 8.75 Å². The normalized spacial score (nSPS) is 14.2. The van der Waals surface area contributed by atoms with E-state index in [2.05, 4.69) is 102 Å². The molecular formula is C39H26N6OS3. The van der Waals surface area contributed by atoms with E-state index >= 15 is 0 Å². The van der Waals surface area contributed by atoms with E-state index in [4.69, 9.17) is 15.3 Å². The Hall–Kier alpha value is -5.65. The van der Waals surface area contributed by atoms with Gasteiger partial charge in [-0.1, -0.05) is 68.4 Å². The first-order valence-electron chi connectivity index (χ1n) is 15.4. The van der Waals surface area contributed by atoms with Crippen LogP contribution in [0.25, 0.3) is 49.2 Å². The SMILES string of the molecule is [C-]#[N+]/C(C#N)=c1\sc(=Cc2ccc(-c3ccc(-c4ccc5c(c4)C(C)(C)c4ccccc4N5c4ccccc4)c4nsnc34)s2)c(=O)n1C. The third-order valence-corrected chi connectivity index (χ3v) is 11.8. The van der Waals surface area contributed by atoms with E-state index in [9.17, 15) is 10.1 Å². The second-order valence-electron chi connectivity index (χ2n) is 12.2. The molecule has 4 aromatic carbocycles. The quantitative estimate of drug-likeness (QED) is 0.174. The fraction of sp³-hybridized carbons (Fsp3) is 0.103. The smallest absolute Gasteiger partial charge is 0.294 e. The van der Waals surface area contributed by atoms with Gasteiger partial charge in [0.15, 0.2) is 0 Å². The number of nitrogens with zero attached hydrogens (tertiary/aromatic N) is 6. The maximum Gasteiger partial charge on any atom is 0.294 e. The molecule has 0 saturated carbocycles. The number of anilines is 3. The molecule has 0 atom stereocenters. The van der Waals surface area contributed by atoms with Crippen molar-refractivity contribution in [1.29, 1.82) is 5.26 Å². The average Bonchev–Trinajstić information content (AvgIpc) is 3.87. The van der Waals surface area contributed by atoms with Gasteiger partial charge < -0.3 is 9.47 Å². The van der Waals surface area contributed by atoms with Crippen molar-refractivity contribution < 1.29 is 0 Å². The number of fused-ring (bicyclic) bond motifs is 3. The predicted molar refractivity (Wildman–Crippen MR) is 201 cm³/mol. The zero-order valence-electron chi connectivity index (χ0n) is 26.6. The van der Waals surface area contributed by atoms with Crippen molar-refractivity contribution in [2.45, 2.75) is 19.3 Å². The van der Waals surface area contributed by atoms with Crippen LogP contribution < -0.4 is 19.7 Å². The number of hydrogen-bond donors (Lipinski definition) is 0. The van der Waals surface area contributed by atoms with Gasteiger partial charge in [-0.25, -0.2) is 10.1 Å². The maximum absolute atomic E-state index is 12.9. The highest BCUT2D eigenvalue weighted by Crippen LogP contribution is 2.52. The molecule has 7 nitrogen and oxygen atoms in total. The number of thiazole rings is 1. The predicted octanol–water partition coefficient (Wildman–Crippen LogP) is 8.34. The van der Waals surface area contributed by atoms with E-state index in [0.29, 0.717) is 9.20 Å². The van der Waals surface area contributed by atoms with Crippen molar-refractivity contribution in [2.75, 3.05) is 4.90 Å². The zero-order valence-corrected chi connectivity index (χ0v) is 29.1. The Bertz CT molecular complexity index is 2700. The molecule has 0 saturated heterocycles. The summed E-state index contributed by atoms with van der Waals surface area (Å²) >= 11 is 3.92. The van der Waals surface area contributed by atoms with Crippen molar-refractivity contribution in [3.63, 3.8) is 0 Å². The minimum absolute atomic E-state index is 0.0875. The summed E-state index contributed by atoms with van der Waals surface area (Å²) in [5.41, 5.74) is 10.2. The van der Waals surface area contributed by atoms with Gasteiger partial charge in [0.1, 0.15) is 15.7 Å². The summed E-state index contributed by atoms with van der Waals surface area (Å²) < 4.78 is 11.7. The van der Waals surface area contributed by atoms with Crippen LogP contribution in [-0.2, 0) is 12.5 Å². The Kier molecular flexibility index (Phi) is 7.38. The Morgan fingerprint density at radius 2 is 1.59 bits per heavy atom. The Balaban J connectivity index is 1.21. The molecule has 0 bridgehead atoms. The first kappa shape index (κ1) is 30.7. The Labute approximate surface area is 294 Å². The van der Waals surface area contributed by atoms with E-state index < -0.39 is 0 Å². The molecule has 0 fully saturated rings. The monoisotopic (exact) mass is 690 g/mol. The van der Waals surface area contributed by atoms with Gasteiger partial charge in [-0.3, -0.25) is 4.79 Å². The summed E-state index contributed by atoms with van der Waals surface area (Å²) in [5, 5.41) is 9.32. The first-order chi connectivity index (χ1) is 23.8. The molecule has 49 heavy (non-hydrogen) atoms. The van der Waals surface area contributed by atoms with E-state index in [-0.39, 0.29) is 16.7 Å². The molecule has 0 amide bonds. The summed E-state index contributed by atoms with van der Waals surface area (Å²) in [6.07, 6.45) is 1.82. The largest absolute Gasteiger partial charge is 0.310 e. The van der Waals surface area contributed by atoms with E-state index in [1.165, 1.54) is 33.1 Å². The Morgan fingerprint density at radius 1 is 0.878 bits per heavy atom. The lowest BCUT2D eigenvalue weighted by molar-refractivity contribution is 0.632. The van der Waals surface area contributed by atoms with Crippen molar-refractivity contribution in [3.8, 4) is 27.6 Å². The molecule has 0 N–H and O–H groups in total. The zero-order chi connectivity index (χ0) is 33.9. The van der Waals surface area contributed by atoms with Crippen LogP contribution in [0.4, 0.5) is 17.1 Å². The van der Waals surface area contributed by atoms with Crippen molar-refractivity contribution in [3.05, 3.63) is 144 Å². The molecule has 0 radical (unpaired) electrons. The molecule has 0 unspecified atom stereocenters. The number of aromatic nitrogens is 3. The van der Waals surface area contributed by atoms with Crippen molar-refractivity contribution in [1.82, 2.24) is 13.3 Å². The molecule has 8 rings (SSSR count). The van der Waals surface area contributed by atoms with Gasteiger partial charge >= 0.3 is 0 Å². The highest BCUT2D eigenvalue weighted by Gasteiger charge is 2.37. The third kappa shape index (κ3) is 4.92. The van der Waals surface area contributed by atoms with Crippen LogP contribution in [0, 0.1) is 17.9 Å². The summed E-state index contributed by atoms with van der Waals surface area (Å²) in [6.45, 7) is 11.9. The highest BCUT2D eigenvalue weighted by molar-refractivity contribution is 7.16. The van der Waals surface area contributed by atoms with Crippen LogP contribution in [0.3, 0.4) is 0 Å². The Morgan fingerprint density at radius 3 is 2.37 bits per heavy atom. The second-order valence-corrected chi connectivity index (χ2v) is 14.9. The molecular weight excluding hydrogens is 665 g/mol. The highest BCUT2D eigenvalue weighted by atomic mass is 32.1. The van der Waals surface area contributed by atoms with Crippen LogP contribution in [0.15, 0.2) is 102 Å². The van der Waals surface area contributed by atoms with Gasteiger partial charge in [0.05, 0.1) is 40.3 Å². The molecule has 0 aliphatic carbocycles. The molecule has 3 aromatic heterocycles. The molecule has 10 heteroatoms. The van der Waals surface area contributed by atoms with Gasteiger partial charge in [0.25, 0.3) is 11.3 Å². The molecule has 1 aliphatic heterocycles. The summed E-state index contributed by atoms with van der Waals surface area (Å²) in [6, 6.07) is 36.0. The van der Waals surface area contributed by atoms with Crippen LogP contribution in [0.5, 0.6) is 0 Å². The summed E-state index contributed by atoms with van der Waals surface area (Å²) in [7, 11) is 1.59. The van der Waals surface area contributed by atoms with E-state index in [1.807, 2.05) is 30.3 Å². The maximum atomic E-state index is 12.9. The van der Waals surface area contributed by atoms with Crippen molar-refractivity contribution >= 4 is 74.3 Å². The summed E-state index contributed by atoms with van der Waals surface area (Å²) in [5.74, 6) is 0. The first-order valence-corrected chi connectivity index (χ1v) is 17.8. The molecule has 236 valence electrons.